The van der Waals surface area contributed by atoms with E-state index in [-0.39, 0.29) is 11.7 Å². The lowest BCUT2D eigenvalue weighted by Crippen LogP contribution is -2.39. The predicted molar refractivity (Wildman–Crippen MR) is 118 cm³/mol. The van der Waals surface area contributed by atoms with Crippen molar-refractivity contribution in [2.75, 3.05) is 19.6 Å². The summed E-state index contributed by atoms with van der Waals surface area (Å²) in [4.78, 5) is 14.2. The molecule has 4 nitrogen and oxygen atoms in total. The first-order valence-corrected chi connectivity index (χ1v) is 11.0. The van der Waals surface area contributed by atoms with Crippen molar-refractivity contribution in [3.63, 3.8) is 0 Å². The molecule has 0 amide bonds. The number of hydrogen-bond acceptors (Lipinski definition) is 3. The van der Waals surface area contributed by atoms with Gasteiger partial charge in [-0.3, -0.25) is 4.79 Å². The van der Waals surface area contributed by atoms with Crippen molar-refractivity contribution in [2.24, 2.45) is 0 Å². The minimum absolute atomic E-state index is 0.121. The second-order valence-corrected chi connectivity index (χ2v) is 8.43. The summed E-state index contributed by atoms with van der Waals surface area (Å²) >= 11 is 6.17. The first-order chi connectivity index (χ1) is 15.3. The van der Waals surface area contributed by atoms with Crippen molar-refractivity contribution in [2.45, 2.75) is 38.1 Å². The molecule has 3 aromatic rings. The lowest BCUT2D eigenvalue weighted by molar-refractivity contribution is -0.0884. The van der Waals surface area contributed by atoms with Gasteiger partial charge in [0.2, 0.25) is 0 Å². The highest BCUT2D eigenvalue weighted by atomic mass is 35.5. The Balaban J connectivity index is 1.32. The van der Waals surface area contributed by atoms with Gasteiger partial charge in [-0.25, -0.2) is 0 Å². The lowest BCUT2D eigenvalue weighted by atomic mass is 10.1. The number of hydrogen-bond donors (Lipinski definition) is 0. The summed E-state index contributed by atoms with van der Waals surface area (Å²) < 4.78 is 46.7. The number of nitrogens with zero attached hydrogens (tertiary/aromatic N) is 2. The number of ketones is 1. The first kappa shape index (κ1) is 22.7. The smallest absolute Gasteiger partial charge is 0.454 e. The topological polar surface area (TPSA) is 34.5 Å². The van der Waals surface area contributed by atoms with E-state index in [4.69, 9.17) is 16.3 Å². The fourth-order valence-electron chi connectivity index (χ4n) is 4.20. The number of aromatic nitrogens is 1. The van der Waals surface area contributed by atoms with Gasteiger partial charge < -0.3 is 14.2 Å². The molecule has 8 heteroatoms. The van der Waals surface area contributed by atoms with Crippen molar-refractivity contribution < 1.29 is 22.7 Å². The minimum atomic E-state index is -4.88. The summed E-state index contributed by atoms with van der Waals surface area (Å²) in [6.45, 7) is 3.15. The molecule has 1 aliphatic rings. The van der Waals surface area contributed by atoms with E-state index in [0.717, 1.165) is 38.9 Å². The normalized spacial score (nSPS) is 15.9. The van der Waals surface area contributed by atoms with Crippen LogP contribution < -0.4 is 4.74 Å². The van der Waals surface area contributed by atoms with Crippen molar-refractivity contribution in [3.05, 3.63) is 65.3 Å². The minimum Gasteiger partial charge on any atom is -0.489 e. The molecule has 0 spiro atoms. The zero-order valence-corrected chi connectivity index (χ0v) is 18.2. The van der Waals surface area contributed by atoms with Crippen LogP contribution in [0.1, 0.15) is 29.6 Å². The molecule has 0 aliphatic carbocycles. The molecule has 1 aromatic heterocycles. The highest BCUT2D eigenvalue weighted by Gasteiger charge is 2.40. The Labute approximate surface area is 189 Å². The Kier molecular flexibility index (Phi) is 6.76. The average Bonchev–Trinajstić information content (AvgIpc) is 3.14. The van der Waals surface area contributed by atoms with Crippen LogP contribution in [0.2, 0.25) is 5.02 Å². The number of carbonyl (C=O) groups excluding carboxylic acids is 1. The van der Waals surface area contributed by atoms with Gasteiger partial charge >= 0.3 is 6.18 Å². The molecular formula is C24H24ClF3N2O2. The average molecular weight is 465 g/mol. The Morgan fingerprint density at radius 1 is 1.03 bits per heavy atom. The van der Waals surface area contributed by atoms with E-state index in [1.807, 2.05) is 24.3 Å². The van der Waals surface area contributed by atoms with Crippen LogP contribution in [-0.4, -0.2) is 47.2 Å². The molecule has 0 N–H and O–H groups in total. The first-order valence-electron chi connectivity index (χ1n) is 10.7. The largest absolute Gasteiger partial charge is 0.489 e. The van der Waals surface area contributed by atoms with E-state index in [9.17, 15) is 18.0 Å². The Morgan fingerprint density at radius 3 is 2.44 bits per heavy atom. The molecule has 1 aliphatic heterocycles. The number of rotatable bonds is 7. The molecular weight excluding hydrogens is 441 g/mol. The Bertz CT molecular complexity index is 1090. The Morgan fingerprint density at radius 2 is 1.72 bits per heavy atom. The SMILES string of the molecule is O=C(c1cn(CCCN2CCC(Oc3ccccc3Cl)CC2)c2ccccc12)C(F)(F)F. The highest BCUT2D eigenvalue weighted by Crippen LogP contribution is 2.29. The molecule has 0 bridgehead atoms. The van der Waals surface area contributed by atoms with Gasteiger partial charge in [-0.1, -0.05) is 41.9 Å². The molecule has 0 radical (unpaired) electrons. The number of carbonyl (C=O) groups is 1. The van der Waals surface area contributed by atoms with E-state index in [1.54, 1.807) is 28.8 Å². The van der Waals surface area contributed by atoms with E-state index in [1.165, 1.54) is 6.20 Å². The molecule has 0 saturated carbocycles. The van der Waals surface area contributed by atoms with Crippen LogP contribution in [0, 0.1) is 0 Å². The molecule has 0 atom stereocenters. The second-order valence-electron chi connectivity index (χ2n) is 8.02. The number of ether oxygens (including phenoxy) is 1. The lowest BCUT2D eigenvalue weighted by Gasteiger charge is -2.32. The monoisotopic (exact) mass is 464 g/mol. The van der Waals surface area contributed by atoms with Crippen LogP contribution in [0.5, 0.6) is 5.75 Å². The fourth-order valence-corrected chi connectivity index (χ4v) is 4.38. The predicted octanol–water partition coefficient (Wildman–Crippen LogP) is 5.97. The maximum atomic E-state index is 13.0. The maximum absolute atomic E-state index is 13.0. The summed E-state index contributed by atoms with van der Waals surface area (Å²) in [5, 5.41) is 0.949. The number of alkyl halides is 3. The molecule has 2 aromatic carbocycles. The van der Waals surface area contributed by atoms with Crippen molar-refractivity contribution >= 4 is 28.3 Å². The van der Waals surface area contributed by atoms with Crippen molar-refractivity contribution in [1.82, 2.24) is 9.47 Å². The molecule has 1 saturated heterocycles. The zero-order valence-electron chi connectivity index (χ0n) is 17.4. The van der Waals surface area contributed by atoms with Gasteiger partial charge in [-0.15, -0.1) is 0 Å². The Hall–Kier alpha value is -2.51. The van der Waals surface area contributed by atoms with Crippen LogP contribution >= 0.6 is 11.6 Å². The quantitative estimate of drug-likeness (QED) is 0.404. The zero-order chi connectivity index (χ0) is 22.7. The standard InChI is InChI=1S/C24H24ClF3N2O2/c25-20-7-2-4-9-22(20)32-17-10-14-29(15-11-17)12-5-13-30-16-19(23(31)24(26,27)28)18-6-1-3-8-21(18)30/h1-4,6-9,16-17H,5,10-15H2. The third-order valence-corrected chi connectivity index (χ3v) is 6.14. The summed E-state index contributed by atoms with van der Waals surface area (Å²) in [5.74, 6) is -1.09. The van der Waals surface area contributed by atoms with Gasteiger partial charge in [0.05, 0.1) is 10.6 Å². The van der Waals surface area contributed by atoms with Gasteiger partial charge in [0.25, 0.3) is 5.78 Å². The third kappa shape index (κ3) is 5.10. The van der Waals surface area contributed by atoms with Crippen LogP contribution in [0.4, 0.5) is 13.2 Å². The summed E-state index contributed by atoms with van der Waals surface area (Å²) in [6.07, 6.45) is -0.872. The van der Waals surface area contributed by atoms with Crippen LogP contribution in [-0.2, 0) is 6.54 Å². The van der Waals surface area contributed by atoms with E-state index < -0.39 is 12.0 Å². The fraction of sp³-hybridized carbons (Fsp3) is 0.375. The molecule has 1 fully saturated rings. The summed E-state index contributed by atoms with van der Waals surface area (Å²) in [7, 11) is 0. The number of fused-ring (bicyclic) bond motifs is 1. The maximum Gasteiger partial charge on any atom is 0.454 e. The summed E-state index contributed by atoms with van der Waals surface area (Å²) in [5.41, 5.74) is 0.359. The van der Waals surface area contributed by atoms with Crippen molar-refractivity contribution in [1.29, 1.82) is 0 Å². The molecule has 4 rings (SSSR count). The second kappa shape index (κ2) is 9.55. The number of para-hydroxylation sites is 2. The third-order valence-electron chi connectivity index (χ3n) is 5.83. The van der Waals surface area contributed by atoms with Gasteiger partial charge in [0, 0.05) is 36.7 Å². The van der Waals surface area contributed by atoms with Crippen LogP contribution in [0.15, 0.2) is 54.7 Å². The van der Waals surface area contributed by atoms with E-state index >= 15 is 0 Å². The molecule has 170 valence electrons. The number of halogens is 4. The molecule has 32 heavy (non-hydrogen) atoms. The van der Waals surface area contributed by atoms with Gasteiger partial charge in [0.15, 0.2) is 0 Å². The molecule has 2 heterocycles. The van der Waals surface area contributed by atoms with Crippen molar-refractivity contribution in [3.8, 4) is 5.75 Å². The number of piperidine rings is 1. The van der Waals surface area contributed by atoms with Crippen LogP contribution in [0.3, 0.4) is 0 Å². The van der Waals surface area contributed by atoms with E-state index in [2.05, 4.69) is 4.90 Å². The number of likely N-dealkylation sites (tertiary alicyclic amines) is 1. The number of benzene rings is 2. The highest BCUT2D eigenvalue weighted by molar-refractivity contribution is 6.32. The van der Waals surface area contributed by atoms with Gasteiger partial charge in [-0.05, 0) is 44.0 Å². The van der Waals surface area contributed by atoms with Gasteiger partial charge in [-0.2, -0.15) is 13.2 Å². The number of Topliss-reactive ketones (excluding diaryl/α,β-unsaturated/α-hetero) is 1. The summed E-state index contributed by atoms with van der Waals surface area (Å²) in [6, 6.07) is 14.2. The molecule has 0 unspecified atom stereocenters. The van der Waals surface area contributed by atoms with Gasteiger partial charge in [0.1, 0.15) is 11.9 Å². The van der Waals surface area contributed by atoms with E-state index in [0.29, 0.717) is 28.2 Å². The number of aryl methyl sites for hydroxylation is 1. The van der Waals surface area contributed by atoms with Crippen LogP contribution in [0.25, 0.3) is 10.9 Å².